The largest absolute Gasteiger partial charge is 0.396 e. The van der Waals surface area contributed by atoms with Gasteiger partial charge < -0.3 is 9.59 Å². The van der Waals surface area contributed by atoms with Crippen LogP contribution < -0.4 is 0 Å². The maximum Gasteiger partial charge on any atom is 0.0804 e. The molecule has 2 nitrogen and oxygen atoms in total. The summed E-state index contributed by atoms with van der Waals surface area (Å²) in [5.41, 5.74) is 0. The van der Waals surface area contributed by atoms with Crippen molar-refractivity contribution in [3.05, 3.63) is 0 Å². The molecule has 0 aromatic rings. The van der Waals surface area contributed by atoms with Gasteiger partial charge in [0.1, 0.15) is 0 Å². The first-order chi connectivity index (χ1) is 5.62. The Morgan fingerprint density at radius 3 is 2.17 bits per heavy atom. The Hall–Kier alpha value is 0.400. The fourth-order valence-corrected chi connectivity index (χ4v) is 1.64. The monoisotopic (exact) mass is 238 g/mol. The van der Waals surface area contributed by atoms with Gasteiger partial charge in [-0.15, -0.1) is 0 Å². The first-order valence-electron chi connectivity index (χ1n) is 4.61. The van der Waals surface area contributed by atoms with Crippen LogP contribution in [0, 0.1) is 0 Å². The van der Waals surface area contributed by atoms with Gasteiger partial charge in [0.2, 0.25) is 0 Å². The van der Waals surface area contributed by atoms with Gasteiger partial charge in [-0.1, -0.05) is 15.9 Å². The zero-order valence-electron chi connectivity index (χ0n) is 8.22. The Kier molecular flexibility index (Phi) is 7.10. The lowest BCUT2D eigenvalue weighted by Gasteiger charge is -2.29. The molecule has 1 N–H and O–H groups in total. The van der Waals surface area contributed by atoms with E-state index in [0.717, 1.165) is 22.8 Å². The summed E-state index contributed by atoms with van der Waals surface area (Å²) in [5, 5.41) is 9.79. The second-order valence-corrected chi connectivity index (χ2v) is 4.65. The van der Waals surface area contributed by atoms with Crippen molar-refractivity contribution >= 4 is 15.9 Å². The highest BCUT2D eigenvalue weighted by atomic mass is 79.9. The fraction of sp³-hybridized carbons (Fsp3) is 1.00. The van der Waals surface area contributed by atoms with Crippen molar-refractivity contribution in [2.75, 3.05) is 39.1 Å². The van der Waals surface area contributed by atoms with E-state index in [1.165, 1.54) is 19.4 Å². The zero-order valence-corrected chi connectivity index (χ0v) is 9.81. The molecule has 74 valence electrons. The van der Waals surface area contributed by atoms with Crippen LogP contribution in [-0.2, 0) is 0 Å². The number of rotatable bonds is 7. The van der Waals surface area contributed by atoms with E-state index in [4.69, 9.17) is 5.11 Å². The molecule has 12 heavy (non-hydrogen) atoms. The molecular weight excluding hydrogens is 218 g/mol. The summed E-state index contributed by atoms with van der Waals surface area (Å²) in [6.45, 7) is 2.62. The molecule has 0 radical (unpaired) electrons. The number of alkyl halides is 1. The summed E-state index contributed by atoms with van der Waals surface area (Å²) >= 11 is 3.42. The number of nitrogens with zero attached hydrogens (tertiary/aromatic N) is 1. The first-order valence-corrected chi connectivity index (χ1v) is 5.73. The van der Waals surface area contributed by atoms with Crippen LogP contribution in [0.4, 0.5) is 0 Å². The Labute approximate surface area is 84.3 Å². The molecular formula is C9H21BrNO+. The van der Waals surface area contributed by atoms with E-state index in [-0.39, 0.29) is 0 Å². The first kappa shape index (κ1) is 12.4. The molecule has 0 spiro atoms. The minimum atomic E-state index is 0.320. The lowest BCUT2D eigenvalue weighted by atomic mass is 10.3. The van der Waals surface area contributed by atoms with Crippen molar-refractivity contribution in [1.29, 1.82) is 0 Å². The molecule has 0 saturated carbocycles. The average molecular weight is 239 g/mol. The van der Waals surface area contributed by atoms with E-state index >= 15 is 0 Å². The second kappa shape index (κ2) is 6.87. The van der Waals surface area contributed by atoms with Gasteiger partial charge in [0.25, 0.3) is 0 Å². The third-order valence-electron chi connectivity index (χ3n) is 2.07. The predicted molar refractivity (Wildman–Crippen MR) is 56.6 cm³/mol. The van der Waals surface area contributed by atoms with Gasteiger partial charge in [0.15, 0.2) is 0 Å². The van der Waals surface area contributed by atoms with E-state index in [2.05, 4.69) is 30.0 Å². The molecule has 0 amide bonds. The number of aliphatic hydroxyl groups is 1. The van der Waals surface area contributed by atoms with Crippen LogP contribution >= 0.6 is 15.9 Å². The summed E-state index contributed by atoms with van der Waals surface area (Å²) in [7, 11) is 4.45. The highest BCUT2D eigenvalue weighted by molar-refractivity contribution is 9.09. The minimum Gasteiger partial charge on any atom is -0.396 e. The second-order valence-electron chi connectivity index (χ2n) is 3.86. The molecule has 3 heteroatoms. The number of hydrogen-bond donors (Lipinski definition) is 1. The number of unbranched alkanes of at least 4 members (excludes halogenated alkanes) is 1. The van der Waals surface area contributed by atoms with Crippen LogP contribution in [-0.4, -0.2) is 48.7 Å². The molecule has 0 bridgehead atoms. The topological polar surface area (TPSA) is 20.2 Å². The van der Waals surface area contributed by atoms with Gasteiger partial charge in [-0.3, -0.25) is 0 Å². The molecule has 0 atom stereocenters. The van der Waals surface area contributed by atoms with Crippen molar-refractivity contribution in [3.8, 4) is 0 Å². The highest BCUT2D eigenvalue weighted by Crippen LogP contribution is 2.04. The van der Waals surface area contributed by atoms with Gasteiger partial charge in [-0.05, 0) is 12.8 Å². The van der Waals surface area contributed by atoms with Crippen molar-refractivity contribution in [2.24, 2.45) is 0 Å². The van der Waals surface area contributed by atoms with E-state index in [9.17, 15) is 0 Å². The maximum atomic E-state index is 8.68. The van der Waals surface area contributed by atoms with Crippen molar-refractivity contribution < 1.29 is 9.59 Å². The van der Waals surface area contributed by atoms with Crippen molar-refractivity contribution in [3.63, 3.8) is 0 Å². The van der Waals surface area contributed by atoms with Crippen molar-refractivity contribution in [2.45, 2.75) is 19.3 Å². The summed E-state index contributed by atoms with van der Waals surface area (Å²) in [5.74, 6) is 0. The van der Waals surface area contributed by atoms with E-state index in [0.29, 0.717) is 6.61 Å². The zero-order chi connectivity index (χ0) is 9.45. The molecule has 0 unspecified atom stereocenters. The molecule has 0 rings (SSSR count). The summed E-state index contributed by atoms with van der Waals surface area (Å²) in [4.78, 5) is 0. The highest BCUT2D eigenvalue weighted by Gasteiger charge is 2.12. The third kappa shape index (κ3) is 7.07. The number of hydrogen-bond acceptors (Lipinski definition) is 1. The van der Waals surface area contributed by atoms with E-state index in [1.807, 2.05) is 0 Å². The summed E-state index contributed by atoms with van der Waals surface area (Å²) in [6, 6.07) is 0. The van der Waals surface area contributed by atoms with E-state index < -0.39 is 0 Å². The van der Waals surface area contributed by atoms with Gasteiger partial charge in [-0.2, -0.15) is 0 Å². The fourth-order valence-electron chi connectivity index (χ4n) is 1.24. The minimum absolute atomic E-state index is 0.320. The molecule has 0 heterocycles. The number of quaternary nitrogens is 1. The maximum absolute atomic E-state index is 8.68. The van der Waals surface area contributed by atoms with Gasteiger partial charge >= 0.3 is 0 Å². The van der Waals surface area contributed by atoms with Gasteiger partial charge in [0, 0.05) is 18.4 Å². The molecule has 0 aliphatic heterocycles. The molecule has 0 aromatic heterocycles. The van der Waals surface area contributed by atoms with Crippen LogP contribution in [0.15, 0.2) is 0 Å². The molecule has 0 aromatic carbocycles. The standard InChI is InChI=1S/C9H21BrNO/c1-11(2,8-5-9-12)7-4-3-6-10/h12H,3-9H2,1-2H3/q+1. The smallest absolute Gasteiger partial charge is 0.0804 e. The normalized spacial score (nSPS) is 12.0. The molecule has 0 aliphatic rings. The Morgan fingerprint density at radius 1 is 1.08 bits per heavy atom. The lowest BCUT2D eigenvalue weighted by molar-refractivity contribution is -0.890. The summed E-state index contributed by atoms with van der Waals surface area (Å²) < 4.78 is 1.04. The average Bonchev–Trinajstić information content (AvgIpc) is 2.01. The van der Waals surface area contributed by atoms with Crippen LogP contribution in [0.5, 0.6) is 0 Å². The van der Waals surface area contributed by atoms with Crippen LogP contribution in [0.2, 0.25) is 0 Å². The number of halogens is 1. The Morgan fingerprint density at radius 2 is 1.67 bits per heavy atom. The number of aliphatic hydroxyl groups excluding tert-OH is 1. The predicted octanol–water partition coefficient (Wildman–Crippen LogP) is 1.62. The van der Waals surface area contributed by atoms with Gasteiger partial charge in [0.05, 0.1) is 27.2 Å². The van der Waals surface area contributed by atoms with Crippen LogP contribution in [0.1, 0.15) is 19.3 Å². The summed E-state index contributed by atoms with van der Waals surface area (Å²) in [6.07, 6.45) is 3.44. The van der Waals surface area contributed by atoms with Crippen LogP contribution in [0.25, 0.3) is 0 Å². The Bertz CT molecular complexity index is 107. The van der Waals surface area contributed by atoms with Gasteiger partial charge in [-0.25, -0.2) is 0 Å². The molecule has 0 saturated heterocycles. The SMILES string of the molecule is C[N+](C)(CCCO)CCCCBr. The third-order valence-corrected chi connectivity index (χ3v) is 2.63. The van der Waals surface area contributed by atoms with Crippen molar-refractivity contribution in [1.82, 2.24) is 0 Å². The Balaban J connectivity index is 3.42. The quantitative estimate of drug-likeness (QED) is 0.406. The molecule has 0 aliphatic carbocycles. The van der Waals surface area contributed by atoms with Crippen LogP contribution in [0.3, 0.4) is 0 Å². The molecule has 0 fully saturated rings. The van der Waals surface area contributed by atoms with E-state index in [1.54, 1.807) is 0 Å². The lowest BCUT2D eigenvalue weighted by Crippen LogP contribution is -2.41.